The third-order valence-corrected chi connectivity index (χ3v) is 3.99. The Morgan fingerprint density at radius 1 is 1.25 bits per heavy atom. The summed E-state index contributed by atoms with van der Waals surface area (Å²) < 4.78 is 0. The highest BCUT2D eigenvalue weighted by Gasteiger charge is 2.24. The third kappa shape index (κ3) is 3.92. The normalized spacial score (nSPS) is 12.4. The molecule has 1 aromatic rings. The molecule has 0 bridgehead atoms. The lowest BCUT2D eigenvalue weighted by molar-refractivity contribution is -0.127. The smallest absolute Gasteiger partial charge is 0.219 e. The van der Waals surface area contributed by atoms with Gasteiger partial charge in [0.1, 0.15) is 0 Å². The van der Waals surface area contributed by atoms with E-state index in [9.17, 15) is 4.79 Å². The first-order valence-corrected chi connectivity index (χ1v) is 7.04. The van der Waals surface area contributed by atoms with Crippen molar-refractivity contribution in [1.29, 1.82) is 0 Å². The zero-order chi connectivity index (χ0) is 15.3. The molecule has 0 unspecified atom stereocenters. The number of amides is 1. The van der Waals surface area contributed by atoms with Crippen LogP contribution in [0.1, 0.15) is 45.2 Å². The molecule has 3 heteroatoms. The molecular weight excluding hydrogens is 248 g/mol. The van der Waals surface area contributed by atoms with E-state index in [0.29, 0.717) is 0 Å². The van der Waals surface area contributed by atoms with Crippen LogP contribution in [0.2, 0.25) is 0 Å². The lowest BCUT2D eigenvalue weighted by Gasteiger charge is -2.30. The van der Waals surface area contributed by atoms with Gasteiger partial charge in [-0.1, -0.05) is 38.1 Å². The molecular formula is C17H26N2O. The number of carbonyl (C=O) groups is 1. The van der Waals surface area contributed by atoms with Gasteiger partial charge in [-0.25, -0.2) is 0 Å². The molecule has 0 N–H and O–H groups in total. The van der Waals surface area contributed by atoms with Crippen LogP contribution in [0.15, 0.2) is 29.3 Å². The molecule has 3 nitrogen and oxygen atoms in total. The third-order valence-electron chi connectivity index (χ3n) is 3.99. The van der Waals surface area contributed by atoms with Gasteiger partial charge in [0.25, 0.3) is 0 Å². The van der Waals surface area contributed by atoms with Gasteiger partial charge in [-0.05, 0) is 29.9 Å². The fourth-order valence-electron chi connectivity index (χ4n) is 2.25. The predicted molar refractivity (Wildman–Crippen MR) is 85.5 cm³/mol. The molecule has 0 radical (unpaired) electrons. The molecule has 0 heterocycles. The minimum Gasteiger partial charge on any atom is -0.346 e. The van der Waals surface area contributed by atoms with Gasteiger partial charge in [0.15, 0.2) is 0 Å². The van der Waals surface area contributed by atoms with Crippen LogP contribution in [0.4, 0.5) is 0 Å². The summed E-state index contributed by atoms with van der Waals surface area (Å²) in [5, 5.41) is 0. The molecule has 0 aliphatic rings. The maximum absolute atomic E-state index is 11.3. The van der Waals surface area contributed by atoms with E-state index < -0.39 is 0 Å². The second-order valence-electron chi connectivity index (χ2n) is 5.93. The average Bonchev–Trinajstić information content (AvgIpc) is 2.43. The van der Waals surface area contributed by atoms with Crippen LogP contribution < -0.4 is 0 Å². The number of rotatable bonds is 5. The summed E-state index contributed by atoms with van der Waals surface area (Å²) in [5.41, 5.74) is 3.55. The lowest BCUT2D eigenvalue weighted by atomic mass is 9.78. The molecule has 20 heavy (non-hydrogen) atoms. The first kappa shape index (κ1) is 16.4. The molecule has 0 aliphatic carbocycles. The Hall–Kier alpha value is -1.64. The van der Waals surface area contributed by atoms with E-state index in [1.54, 1.807) is 11.8 Å². The highest BCUT2D eigenvalue weighted by Crippen LogP contribution is 2.30. The largest absolute Gasteiger partial charge is 0.346 e. The van der Waals surface area contributed by atoms with Crippen molar-refractivity contribution in [3.63, 3.8) is 0 Å². The van der Waals surface area contributed by atoms with E-state index >= 15 is 0 Å². The van der Waals surface area contributed by atoms with Crippen LogP contribution in [0.3, 0.4) is 0 Å². The van der Waals surface area contributed by atoms with Crippen molar-refractivity contribution >= 4 is 11.6 Å². The maximum Gasteiger partial charge on any atom is 0.219 e. The molecule has 0 saturated carbocycles. The van der Waals surface area contributed by atoms with Crippen LogP contribution in [0.5, 0.6) is 0 Å². The Labute approximate surface area is 122 Å². The first-order valence-electron chi connectivity index (χ1n) is 7.04. The quantitative estimate of drug-likeness (QED) is 0.758. The van der Waals surface area contributed by atoms with Gasteiger partial charge >= 0.3 is 0 Å². The van der Waals surface area contributed by atoms with Crippen LogP contribution in [-0.2, 0) is 10.2 Å². The molecule has 0 saturated heterocycles. The lowest BCUT2D eigenvalue weighted by Crippen LogP contribution is -2.31. The number of hydrogen-bond donors (Lipinski definition) is 0. The van der Waals surface area contributed by atoms with Crippen LogP contribution in [0.25, 0.3) is 0 Å². The molecule has 0 aromatic heterocycles. The van der Waals surface area contributed by atoms with E-state index in [4.69, 9.17) is 0 Å². The van der Waals surface area contributed by atoms with Gasteiger partial charge in [0.05, 0.1) is 0 Å². The average molecular weight is 274 g/mol. The minimum atomic E-state index is 0.00620. The monoisotopic (exact) mass is 274 g/mol. The van der Waals surface area contributed by atoms with E-state index in [1.165, 1.54) is 11.1 Å². The molecule has 0 fully saturated rings. The van der Waals surface area contributed by atoms with Crippen molar-refractivity contribution in [2.24, 2.45) is 4.99 Å². The van der Waals surface area contributed by atoms with Crippen molar-refractivity contribution < 1.29 is 4.79 Å². The summed E-state index contributed by atoms with van der Waals surface area (Å²) in [5.74, 6) is 0.111. The summed E-state index contributed by atoms with van der Waals surface area (Å²) >= 11 is 0. The second-order valence-corrected chi connectivity index (χ2v) is 5.93. The van der Waals surface area contributed by atoms with E-state index in [0.717, 1.165) is 18.7 Å². The van der Waals surface area contributed by atoms with Crippen molar-refractivity contribution in [1.82, 2.24) is 4.90 Å². The molecule has 1 rings (SSSR count). The highest BCUT2D eigenvalue weighted by atomic mass is 16.2. The Morgan fingerprint density at radius 2 is 1.85 bits per heavy atom. The zero-order valence-corrected chi connectivity index (χ0v) is 13.5. The maximum atomic E-state index is 11.3. The molecule has 110 valence electrons. The van der Waals surface area contributed by atoms with Gasteiger partial charge in [-0.15, -0.1) is 0 Å². The number of aliphatic imine (C=N–C) groups is 1. The van der Waals surface area contributed by atoms with Gasteiger partial charge in [-0.2, -0.15) is 0 Å². The predicted octanol–water partition coefficient (Wildman–Crippen LogP) is 3.27. The van der Waals surface area contributed by atoms with Crippen LogP contribution in [0, 0.1) is 0 Å². The number of nitrogens with zero attached hydrogens (tertiary/aromatic N) is 2. The molecule has 0 atom stereocenters. The fraction of sp³-hybridized carbons (Fsp3) is 0.529. The number of benzene rings is 1. The minimum absolute atomic E-state index is 0.00620. The Kier molecular flexibility index (Phi) is 5.49. The first-order chi connectivity index (χ1) is 9.29. The SMILES string of the molecule is CN=C(C)c1ccccc1C(C)(C)CCN(C)C(C)=O. The van der Waals surface area contributed by atoms with Crippen LogP contribution >= 0.6 is 0 Å². The Balaban J connectivity index is 3.00. The van der Waals surface area contributed by atoms with Gasteiger partial charge in [-0.3, -0.25) is 9.79 Å². The van der Waals surface area contributed by atoms with Crippen LogP contribution in [-0.4, -0.2) is 37.2 Å². The Morgan fingerprint density at radius 3 is 2.40 bits per heavy atom. The van der Waals surface area contributed by atoms with E-state index in [-0.39, 0.29) is 11.3 Å². The summed E-state index contributed by atoms with van der Waals surface area (Å²) in [6.07, 6.45) is 0.928. The topological polar surface area (TPSA) is 32.7 Å². The molecule has 0 spiro atoms. The summed E-state index contributed by atoms with van der Waals surface area (Å²) in [6, 6.07) is 8.40. The summed E-state index contributed by atoms with van der Waals surface area (Å²) in [6.45, 7) is 8.86. The van der Waals surface area contributed by atoms with E-state index in [2.05, 4.69) is 37.0 Å². The van der Waals surface area contributed by atoms with Crippen molar-refractivity contribution in [2.45, 2.75) is 39.5 Å². The van der Waals surface area contributed by atoms with Gasteiger partial charge < -0.3 is 4.90 Å². The van der Waals surface area contributed by atoms with Crippen molar-refractivity contribution in [3.8, 4) is 0 Å². The van der Waals surface area contributed by atoms with Gasteiger partial charge in [0, 0.05) is 33.3 Å². The molecule has 1 amide bonds. The standard InChI is InChI=1S/C17H26N2O/c1-13(18-5)15-9-7-8-10-16(15)17(3,4)11-12-19(6)14(2)20/h7-10H,11-12H2,1-6H3. The number of hydrogen-bond acceptors (Lipinski definition) is 2. The zero-order valence-electron chi connectivity index (χ0n) is 13.5. The fourth-order valence-corrected chi connectivity index (χ4v) is 2.25. The van der Waals surface area contributed by atoms with Crippen molar-refractivity contribution in [3.05, 3.63) is 35.4 Å². The summed E-state index contributed by atoms with van der Waals surface area (Å²) in [7, 11) is 3.67. The van der Waals surface area contributed by atoms with E-state index in [1.807, 2.05) is 27.1 Å². The molecule has 0 aliphatic heterocycles. The van der Waals surface area contributed by atoms with Gasteiger partial charge in [0.2, 0.25) is 5.91 Å². The highest BCUT2D eigenvalue weighted by molar-refractivity contribution is 6.00. The summed E-state index contributed by atoms with van der Waals surface area (Å²) in [4.78, 5) is 17.4. The Bertz CT molecular complexity index is 503. The number of carbonyl (C=O) groups excluding carboxylic acids is 1. The van der Waals surface area contributed by atoms with Crippen molar-refractivity contribution in [2.75, 3.05) is 20.6 Å². The molecule has 1 aromatic carbocycles. The second kappa shape index (κ2) is 6.69.